The summed E-state index contributed by atoms with van der Waals surface area (Å²) in [4.78, 5) is 16.9. The summed E-state index contributed by atoms with van der Waals surface area (Å²) in [7, 11) is 0. The third-order valence-corrected chi connectivity index (χ3v) is 3.70. The Hall–Kier alpha value is -2.08. The largest absolute Gasteiger partial charge is 0.467 e. The zero-order chi connectivity index (χ0) is 15.0. The minimum absolute atomic E-state index is 0.172. The first-order valence-corrected chi connectivity index (χ1v) is 7.31. The van der Waals surface area contributed by atoms with E-state index >= 15 is 0 Å². The van der Waals surface area contributed by atoms with Crippen LogP contribution in [0.2, 0.25) is 0 Å². The lowest BCUT2D eigenvalue weighted by atomic mass is 10.3. The molecule has 0 saturated heterocycles. The number of rotatable bonds is 3. The number of carbonyl (C=O) groups excluding carboxylic acids is 1. The van der Waals surface area contributed by atoms with Gasteiger partial charge in [-0.25, -0.2) is 4.98 Å². The molecule has 0 spiro atoms. The normalized spacial score (nSPS) is 11.0. The average molecular weight is 348 g/mol. The maximum Gasteiger partial charge on any atom is 0.270 e. The number of fused-ring (bicyclic) bond motifs is 1. The summed E-state index contributed by atoms with van der Waals surface area (Å²) < 4.78 is 7.93. The molecular formula is C15H14BrN3O2. The van der Waals surface area contributed by atoms with E-state index in [0.29, 0.717) is 23.7 Å². The number of carbonyl (C=O) groups is 1. The number of furan rings is 1. The molecule has 5 nitrogen and oxygen atoms in total. The van der Waals surface area contributed by atoms with Crippen LogP contribution in [0.15, 0.2) is 39.5 Å². The Morgan fingerprint density at radius 3 is 3.00 bits per heavy atom. The highest BCUT2D eigenvalue weighted by molar-refractivity contribution is 9.10. The van der Waals surface area contributed by atoms with E-state index in [1.165, 1.54) is 0 Å². The third-order valence-electron chi connectivity index (χ3n) is 3.26. The van der Waals surface area contributed by atoms with Crippen molar-refractivity contribution in [1.29, 1.82) is 0 Å². The molecule has 3 aromatic rings. The van der Waals surface area contributed by atoms with Gasteiger partial charge in [0.25, 0.3) is 5.91 Å². The minimum atomic E-state index is -0.172. The second-order valence-electron chi connectivity index (χ2n) is 4.84. The fourth-order valence-corrected chi connectivity index (χ4v) is 2.87. The lowest BCUT2D eigenvalue weighted by molar-refractivity contribution is 0.0941. The van der Waals surface area contributed by atoms with Crippen molar-refractivity contribution in [3.8, 4) is 0 Å². The Balaban J connectivity index is 1.95. The van der Waals surface area contributed by atoms with Crippen molar-refractivity contribution in [2.45, 2.75) is 20.4 Å². The number of amides is 1. The van der Waals surface area contributed by atoms with Crippen molar-refractivity contribution in [3.05, 3.63) is 57.8 Å². The van der Waals surface area contributed by atoms with Crippen LogP contribution in [0.4, 0.5) is 0 Å². The van der Waals surface area contributed by atoms with Gasteiger partial charge < -0.3 is 9.73 Å². The van der Waals surface area contributed by atoms with Gasteiger partial charge in [-0.2, -0.15) is 0 Å². The topological polar surface area (TPSA) is 59.5 Å². The number of aryl methyl sites for hydroxylation is 2. The van der Waals surface area contributed by atoms with Crippen LogP contribution in [0, 0.1) is 13.8 Å². The number of hydrogen-bond acceptors (Lipinski definition) is 3. The number of pyridine rings is 1. The van der Waals surface area contributed by atoms with Gasteiger partial charge in [-0.1, -0.05) is 0 Å². The van der Waals surface area contributed by atoms with E-state index in [1.54, 1.807) is 12.3 Å². The quantitative estimate of drug-likeness (QED) is 0.791. The Kier molecular flexibility index (Phi) is 3.55. The van der Waals surface area contributed by atoms with Crippen molar-refractivity contribution in [2.75, 3.05) is 0 Å². The van der Waals surface area contributed by atoms with Crippen LogP contribution in [0.1, 0.15) is 27.5 Å². The first-order valence-electron chi connectivity index (χ1n) is 6.51. The fourth-order valence-electron chi connectivity index (χ4n) is 2.32. The summed E-state index contributed by atoms with van der Waals surface area (Å²) in [5, 5.41) is 2.85. The molecule has 1 N–H and O–H groups in total. The van der Waals surface area contributed by atoms with Crippen molar-refractivity contribution < 1.29 is 9.21 Å². The van der Waals surface area contributed by atoms with Crippen molar-refractivity contribution in [3.63, 3.8) is 0 Å². The van der Waals surface area contributed by atoms with E-state index < -0.39 is 0 Å². The zero-order valence-corrected chi connectivity index (χ0v) is 13.3. The molecule has 6 heteroatoms. The SMILES string of the molecule is Cc1nc2c(C)cc(Br)cn2c1C(=O)NCc1ccco1. The molecular weight excluding hydrogens is 334 g/mol. The van der Waals surface area contributed by atoms with E-state index in [9.17, 15) is 4.79 Å². The maximum absolute atomic E-state index is 12.4. The van der Waals surface area contributed by atoms with Crippen molar-refractivity contribution in [1.82, 2.24) is 14.7 Å². The summed E-state index contributed by atoms with van der Waals surface area (Å²) in [6, 6.07) is 5.59. The van der Waals surface area contributed by atoms with Gasteiger partial charge in [-0.05, 0) is 53.5 Å². The molecule has 0 saturated carbocycles. The Morgan fingerprint density at radius 1 is 1.48 bits per heavy atom. The van der Waals surface area contributed by atoms with Gasteiger partial charge >= 0.3 is 0 Å². The zero-order valence-electron chi connectivity index (χ0n) is 11.7. The van der Waals surface area contributed by atoms with Gasteiger partial charge in [0.15, 0.2) is 0 Å². The molecule has 0 atom stereocenters. The van der Waals surface area contributed by atoms with E-state index in [4.69, 9.17) is 4.42 Å². The number of hydrogen-bond donors (Lipinski definition) is 1. The molecule has 3 heterocycles. The number of aromatic nitrogens is 2. The number of imidazole rings is 1. The molecule has 0 aromatic carbocycles. The second kappa shape index (κ2) is 5.37. The van der Waals surface area contributed by atoms with Gasteiger partial charge in [0, 0.05) is 10.7 Å². The van der Waals surface area contributed by atoms with Gasteiger partial charge in [0.2, 0.25) is 0 Å². The number of nitrogens with zero attached hydrogens (tertiary/aromatic N) is 2. The highest BCUT2D eigenvalue weighted by atomic mass is 79.9. The summed E-state index contributed by atoms with van der Waals surface area (Å²) in [6.07, 6.45) is 3.44. The lowest BCUT2D eigenvalue weighted by Crippen LogP contribution is -2.24. The number of nitrogens with one attached hydrogen (secondary N) is 1. The molecule has 0 aliphatic heterocycles. The minimum Gasteiger partial charge on any atom is -0.467 e. The van der Waals surface area contributed by atoms with Gasteiger partial charge in [-0.3, -0.25) is 9.20 Å². The van der Waals surface area contributed by atoms with E-state index in [0.717, 1.165) is 15.7 Å². The van der Waals surface area contributed by atoms with Crippen LogP contribution in [0.3, 0.4) is 0 Å². The molecule has 0 bridgehead atoms. The van der Waals surface area contributed by atoms with Crippen LogP contribution in [0.25, 0.3) is 5.65 Å². The first-order chi connectivity index (χ1) is 10.1. The number of halogens is 1. The highest BCUT2D eigenvalue weighted by Gasteiger charge is 2.18. The van der Waals surface area contributed by atoms with Gasteiger partial charge in [-0.15, -0.1) is 0 Å². The summed E-state index contributed by atoms with van der Waals surface area (Å²) in [5.74, 6) is 0.543. The Labute approximate surface area is 130 Å². The fraction of sp³-hybridized carbons (Fsp3) is 0.200. The van der Waals surface area contributed by atoms with Crippen LogP contribution in [-0.4, -0.2) is 15.3 Å². The van der Waals surface area contributed by atoms with E-state index in [-0.39, 0.29) is 5.91 Å². The van der Waals surface area contributed by atoms with Crippen LogP contribution in [-0.2, 0) is 6.54 Å². The van der Waals surface area contributed by atoms with Gasteiger partial charge in [0.05, 0.1) is 18.5 Å². The molecule has 108 valence electrons. The molecule has 0 unspecified atom stereocenters. The Morgan fingerprint density at radius 2 is 2.29 bits per heavy atom. The molecule has 3 aromatic heterocycles. The van der Waals surface area contributed by atoms with E-state index in [1.807, 2.05) is 36.6 Å². The van der Waals surface area contributed by atoms with Crippen LogP contribution in [0.5, 0.6) is 0 Å². The van der Waals surface area contributed by atoms with Crippen LogP contribution < -0.4 is 5.32 Å². The molecule has 1 amide bonds. The average Bonchev–Trinajstić information content (AvgIpc) is 3.03. The van der Waals surface area contributed by atoms with Crippen LogP contribution >= 0.6 is 15.9 Å². The first kappa shape index (κ1) is 13.9. The molecule has 21 heavy (non-hydrogen) atoms. The molecule has 0 aliphatic rings. The third kappa shape index (κ3) is 2.58. The predicted octanol–water partition coefficient (Wildman–Crippen LogP) is 3.24. The van der Waals surface area contributed by atoms with Crippen molar-refractivity contribution in [2.24, 2.45) is 0 Å². The summed E-state index contributed by atoms with van der Waals surface area (Å²) in [5.41, 5.74) is 3.05. The molecule has 0 aliphatic carbocycles. The summed E-state index contributed by atoms with van der Waals surface area (Å²) in [6.45, 7) is 4.16. The maximum atomic E-state index is 12.4. The highest BCUT2D eigenvalue weighted by Crippen LogP contribution is 2.20. The summed E-state index contributed by atoms with van der Waals surface area (Å²) >= 11 is 3.45. The lowest BCUT2D eigenvalue weighted by Gasteiger charge is -2.06. The standard InChI is InChI=1S/C15H14BrN3O2/c1-9-6-11(16)8-19-13(10(2)18-14(9)19)15(20)17-7-12-4-3-5-21-12/h3-6,8H,7H2,1-2H3,(H,17,20). The smallest absolute Gasteiger partial charge is 0.270 e. The second-order valence-corrected chi connectivity index (χ2v) is 5.76. The monoisotopic (exact) mass is 347 g/mol. The molecule has 0 radical (unpaired) electrons. The molecule has 0 fully saturated rings. The molecule has 3 rings (SSSR count). The van der Waals surface area contributed by atoms with Gasteiger partial charge in [0.1, 0.15) is 17.1 Å². The van der Waals surface area contributed by atoms with E-state index in [2.05, 4.69) is 26.2 Å². The predicted molar refractivity (Wildman–Crippen MR) is 82.2 cm³/mol. The van der Waals surface area contributed by atoms with Crippen molar-refractivity contribution >= 4 is 27.5 Å². The Bertz CT molecular complexity index is 806.